The first-order valence-corrected chi connectivity index (χ1v) is 7.95. The topological polar surface area (TPSA) is 66.4 Å². The van der Waals surface area contributed by atoms with Crippen molar-refractivity contribution in [2.24, 2.45) is 5.41 Å². The molecule has 1 rings (SSSR count). The maximum absolute atomic E-state index is 13.5. The lowest BCUT2D eigenvalue weighted by atomic mass is 9.84. The number of sulfonamides is 1. The lowest BCUT2D eigenvalue weighted by molar-refractivity contribution is 0.119. The molecule has 0 aromatic heterocycles. The van der Waals surface area contributed by atoms with E-state index in [1.54, 1.807) is 13.8 Å². The van der Waals surface area contributed by atoms with Gasteiger partial charge in [0.05, 0.1) is 0 Å². The van der Waals surface area contributed by atoms with Crippen LogP contribution in [0, 0.1) is 22.9 Å². The quantitative estimate of drug-likeness (QED) is 0.755. The van der Waals surface area contributed by atoms with Crippen LogP contribution in [0.3, 0.4) is 0 Å². The Morgan fingerprint density at radius 3 is 2.19 bits per heavy atom. The molecule has 4 nitrogen and oxygen atoms in total. The van der Waals surface area contributed by atoms with Crippen LogP contribution < -0.4 is 4.72 Å². The van der Waals surface area contributed by atoms with Crippen molar-refractivity contribution < 1.29 is 26.7 Å². The molecule has 1 aromatic carbocycles. The van der Waals surface area contributed by atoms with E-state index >= 15 is 0 Å². The molecular formula is C13H18F3NO3S. The van der Waals surface area contributed by atoms with Gasteiger partial charge < -0.3 is 5.11 Å². The zero-order valence-electron chi connectivity index (χ0n) is 11.8. The lowest BCUT2D eigenvalue weighted by Gasteiger charge is -2.29. The van der Waals surface area contributed by atoms with Crippen LogP contribution in [0.4, 0.5) is 13.2 Å². The standard InChI is InChI=1S/C13H18F3NO3S/c1-3-13(4-2,8-18)7-17-21(19,20)10-6-5-9(14)11(15)12(10)16/h5-6,17-18H,3-4,7-8H2,1-2H3. The van der Waals surface area contributed by atoms with Crippen LogP contribution in [0.5, 0.6) is 0 Å². The summed E-state index contributed by atoms with van der Waals surface area (Å²) in [6.07, 6.45) is 1.01. The van der Waals surface area contributed by atoms with E-state index in [1.165, 1.54) is 0 Å². The highest BCUT2D eigenvalue weighted by Crippen LogP contribution is 2.26. The lowest BCUT2D eigenvalue weighted by Crippen LogP contribution is -2.39. The molecule has 0 aliphatic heterocycles. The van der Waals surface area contributed by atoms with Crippen molar-refractivity contribution in [1.29, 1.82) is 0 Å². The average Bonchev–Trinajstić information content (AvgIpc) is 2.46. The predicted octanol–water partition coefficient (Wildman–Crippen LogP) is 2.18. The first kappa shape index (κ1) is 17.9. The second kappa shape index (κ2) is 6.76. The molecule has 0 heterocycles. The smallest absolute Gasteiger partial charge is 0.243 e. The molecule has 1 aromatic rings. The molecule has 120 valence electrons. The fraction of sp³-hybridized carbons (Fsp3) is 0.538. The SMILES string of the molecule is CCC(CC)(CO)CNS(=O)(=O)c1ccc(F)c(F)c1F. The first-order chi connectivity index (χ1) is 9.73. The van der Waals surface area contributed by atoms with Crippen molar-refractivity contribution in [1.82, 2.24) is 4.72 Å². The largest absolute Gasteiger partial charge is 0.396 e. The van der Waals surface area contributed by atoms with E-state index in [0.717, 1.165) is 0 Å². The van der Waals surface area contributed by atoms with E-state index in [4.69, 9.17) is 0 Å². The van der Waals surface area contributed by atoms with Crippen LogP contribution in [-0.2, 0) is 10.0 Å². The maximum atomic E-state index is 13.5. The van der Waals surface area contributed by atoms with Gasteiger partial charge in [-0.25, -0.2) is 26.3 Å². The minimum Gasteiger partial charge on any atom is -0.396 e. The molecule has 21 heavy (non-hydrogen) atoms. The summed E-state index contributed by atoms with van der Waals surface area (Å²) in [6, 6.07) is 1.21. The minimum absolute atomic E-state index is 0.128. The molecule has 0 saturated heterocycles. The van der Waals surface area contributed by atoms with Gasteiger partial charge in [0.25, 0.3) is 0 Å². The molecular weight excluding hydrogens is 307 g/mol. The molecule has 0 saturated carbocycles. The van der Waals surface area contributed by atoms with E-state index in [1.807, 2.05) is 0 Å². The third-order valence-electron chi connectivity index (χ3n) is 3.76. The van der Waals surface area contributed by atoms with Crippen LogP contribution in [0.2, 0.25) is 0 Å². The normalized spacial score (nSPS) is 12.7. The fourth-order valence-electron chi connectivity index (χ4n) is 1.82. The Balaban J connectivity index is 3.06. The van der Waals surface area contributed by atoms with Gasteiger partial charge in [-0.1, -0.05) is 13.8 Å². The Morgan fingerprint density at radius 2 is 1.71 bits per heavy atom. The monoisotopic (exact) mass is 325 g/mol. The zero-order valence-corrected chi connectivity index (χ0v) is 12.6. The number of benzene rings is 1. The third kappa shape index (κ3) is 3.75. The Bertz CT molecular complexity index is 593. The van der Waals surface area contributed by atoms with Crippen LogP contribution in [-0.4, -0.2) is 26.7 Å². The summed E-state index contributed by atoms with van der Waals surface area (Å²) >= 11 is 0. The Kier molecular flexibility index (Phi) is 5.77. The summed E-state index contributed by atoms with van der Waals surface area (Å²) in [6.45, 7) is 3.19. The average molecular weight is 325 g/mol. The molecule has 2 N–H and O–H groups in total. The van der Waals surface area contributed by atoms with Crippen molar-refractivity contribution in [3.05, 3.63) is 29.6 Å². The van der Waals surface area contributed by atoms with Gasteiger partial charge in [0, 0.05) is 18.6 Å². The van der Waals surface area contributed by atoms with Gasteiger partial charge in [-0.05, 0) is 25.0 Å². The van der Waals surface area contributed by atoms with Gasteiger partial charge in [-0.2, -0.15) is 0 Å². The molecule has 0 atom stereocenters. The van der Waals surface area contributed by atoms with Crippen molar-refractivity contribution in [2.45, 2.75) is 31.6 Å². The first-order valence-electron chi connectivity index (χ1n) is 6.47. The summed E-state index contributed by atoms with van der Waals surface area (Å²) < 4.78 is 65.6. The highest BCUT2D eigenvalue weighted by atomic mass is 32.2. The van der Waals surface area contributed by atoms with E-state index in [-0.39, 0.29) is 13.2 Å². The number of hydrogen-bond acceptors (Lipinski definition) is 3. The number of aliphatic hydroxyl groups is 1. The van der Waals surface area contributed by atoms with E-state index in [2.05, 4.69) is 4.72 Å². The highest BCUT2D eigenvalue weighted by Gasteiger charge is 2.30. The third-order valence-corrected chi connectivity index (χ3v) is 5.18. The summed E-state index contributed by atoms with van der Waals surface area (Å²) in [5.41, 5.74) is -0.678. The van der Waals surface area contributed by atoms with E-state index in [0.29, 0.717) is 25.0 Å². The minimum atomic E-state index is -4.34. The van der Waals surface area contributed by atoms with Gasteiger partial charge in [0.1, 0.15) is 4.90 Å². The van der Waals surface area contributed by atoms with Gasteiger partial charge in [-0.3, -0.25) is 0 Å². The van der Waals surface area contributed by atoms with Gasteiger partial charge in [-0.15, -0.1) is 0 Å². The maximum Gasteiger partial charge on any atom is 0.243 e. The molecule has 8 heteroatoms. The summed E-state index contributed by atoms with van der Waals surface area (Å²) in [4.78, 5) is -0.958. The van der Waals surface area contributed by atoms with Crippen LogP contribution in [0.25, 0.3) is 0 Å². The van der Waals surface area contributed by atoms with Crippen LogP contribution in [0.1, 0.15) is 26.7 Å². The van der Waals surface area contributed by atoms with Crippen molar-refractivity contribution in [3.63, 3.8) is 0 Å². The number of rotatable bonds is 7. The number of halogens is 3. The predicted molar refractivity (Wildman–Crippen MR) is 71.6 cm³/mol. The van der Waals surface area contributed by atoms with E-state index < -0.39 is 37.8 Å². The number of hydrogen-bond donors (Lipinski definition) is 2. The zero-order chi connectivity index (χ0) is 16.3. The molecule has 0 amide bonds. The number of aliphatic hydroxyl groups excluding tert-OH is 1. The van der Waals surface area contributed by atoms with Gasteiger partial charge >= 0.3 is 0 Å². The fourth-order valence-corrected chi connectivity index (χ4v) is 3.05. The number of nitrogens with one attached hydrogen (secondary N) is 1. The Morgan fingerprint density at radius 1 is 1.14 bits per heavy atom. The highest BCUT2D eigenvalue weighted by molar-refractivity contribution is 7.89. The molecule has 0 radical (unpaired) electrons. The molecule has 0 aliphatic carbocycles. The molecule has 0 fully saturated rings. The molecule has 0 unspecified atom stereocenters. The Hall–Kier alpha value is -1.12. The van der Waals surface area contributed by atoms with Crippen molar-refractivity contribution >= 4 is 10.0 Å². The molecule has 0 spiro atoms. The summed E-state index contributed by atoms with van der Waals surface area (Å²) in [7, 11) is -4.34. The summed E-state index contributed by atoms with van der Waals surface area (Å²) in [5, 5.41) is 9.36. The Labute approximate surface area is 122 Å². The van der Waals surface area contributed by atoms with Gasteiger partial charge in [0.2, 0.25) is 10.0 Å². The molecule has 0 aliphatic rings. The van der Waals surface area contributed by atoms with Crippen LogP contribution >= 0.6 is 0 Å². The van der Waals surface area contributed by atoms with Crippen LogP contribution in [0.15, 0.2) is 17.0 Å². The van der Waals surface area contributed by atoms with Gasteiger partial charge in [0.15, 0.2) is 17.5 Å². The summed E-state index contributed by atoms with van der Waals surface area (Å²) in [5.74, 6) is -5.05. The van der Waals surface area contributed by atoms with Crippen molar-refractivity contribution in [3.8, 4) is 0 Å². The molecule has 0 bridgehead atoms. The van der Waals surface area contributed by atoms with Crippen molar-refractivity contribution in [2.75, 3.05) is 13.2 Å². The second-order valence-corrected chi connectivity index (χ2v) is 6.60. The second-order valence-electron chi connectivity index (χ2n) is 4.86. The van der Waals surface area contributed by atoms with E-state index in [9.17, 15) is 26.7 Å².